The highest BCUT2D eigenvalue weighted by atomic mass is 79.9. The van der Waals surface area contributed by atoms with Crippen molar-refractivity contribution in [1.82, 2.24) is 0 Å². The maximum atomic E-state index is 5.42. The summed E-state index contributed by atoms with van der Waals surface area (Å²) in [6.07, 6.45) is 0. The van der Waals surface area contributed by atoms with E-state index in [0.29, 0.717) is 6.61 Å². The van der Waals surface area contributed by atoms with Crippen LogP contribution >= 0.6 is 31.9 Å². The molecule has 0 N–H and O–H groups in total. The number of rotatable bonds is 0. The second kappa shape index (κ2) is 2.49. The van der Waals surface area contributed by atoms with Gasteiger partial charge in [0, 0.05) is 5.56 Å². The Morgan fingerprint density at radius 3 is 2.73 bits per heavy atom. The summed E-state index contributed by atoms with van der Waals surface area (Å²) in [5.74, 6) is 0.959. The van der Waals surface area contributed by atoms with Crippen molar-refractivity contribution in [3.8, 4) is 5.75 Å². The van der Waals surface area contributed by atoms with E-state index in [2.05, 4.69) is 31.9 Å². The number of ether oxygens (including phenoxy) is 1. The molecule has 0 saturated heterocycles. The second-order valence-electron chi connectivity index (χ2n) is 2.49. The van der Waals surface area contributed by atoms with Crippen LogP contribution in [0, 0.1) is 0 Å². The lowest BCUT2D eigenvalue weighted by molar-refractivity contribution is 0.350. The van der Waals surface area contributed by atoms with Crippen molar-refractivity contribution in [3.63, 3.8) is 0 Å². The van der Waals surface area contributed by atoms with E-state index in [-0.39, 0.29) is 3.23 Å². The molecule has 0 bridgehead atoms. The van der Waals surface area contributed by atoms with Crippen LogP contribution in [0.2, 0.25) is 0 Å². The van der Waals surface area contributed by atoms with E-state index in [1.807, 2.05) is 24.3 Å². The molecule has 0 aliphatic carbocycles. The van der Waals surface area contributed by atoms with Gasteiger partial charge in [-0.3, -0.25) is 0 Å². The van der Waals surface area contributed by atoms with Crippen LogP contribution in [0.1, 0.15) is 5.56 Å². The molecule has 0 aromatic heterocycles. The van der Waals surface area contributed by atoms with Crippen LogP contribution in [-0.2, 0) is 3.23 Å². The minimum atomic E-state index is -0.170. The van der Waals surface area contributed by atoms with E-state index in [4.69, 9.17) is 4.74 Å². The van der Waals surface area contributed by atoms with Gasteiger partial charge in [0.1, 0.15) is 15.6 Å². The quantitative estimate of drug-likeness (QED) is 0.663. The zero-order chi connectivity index (χ0) is 7.90. The molecule has 1 aliphatic heterocycles. The fraction of sp³-hybridized carbons (Fsp3) is 0.250. The lowest BCUT2D eigenvalue weighted by atomic mass is 10.2. The molecular weight excluding hydrogens is 272 g/mol. The van der Waals surface area contributed by atoms with Crippen LogP contribution in [0.4, 0.5) is 0 Å². The SMILES string of the molecule is BrC1(Br)COc2ccccc21. The summed E-state index contributed by atoms with van der Waals surface area (Å²) in [7, 11) is 0. The third kappa shape index (κ3) is 1.20. The molecule has 1 nitrogen and oxygen atoms in total. The average Bonchev–Trinajstić information content (AvgIpc) is 2.29. The molecule has 2 rings (SSSR count). The van der Waals surface area contributed by atoms with Crippen LogP contribution in [0.3, 0.4) is 0 Å². The van der Waals surface area contributed by atoms with Crippen molar-refractivity contribution in [2.45, 2.75) is 3.23 Å². The number of hydrogen-bond donors (Lipinski definition) is 0. The Bertz CT molecular complexity index is 283. The molecule has 0 atom stereocenters. The zero-order valence-corrected chi connectivity index (χ0v) is 8.85. The Morgan fingerprint density at radius 2 is 2.00 bits per heavy atom. The van der Waals surface area contributed by atoms with Gasteiger partial charge < -0.3 is 4.74 Å². The first kappa shape index (κ1) is 7.62. The van der Waals surface area contributed by atoms with E-state index < -0.39 is 0 Å². The van der Waals surface area contributed by atoms with Gasteiger partial charge in [0.25, 0.3) is 0 Å². The highest BCUT2D eigenvalue weighted by Gasteiger charge is 2.35. The highest BCUT2D eigenvalue weighted by Crippen LogP contribution is 2.47. The van der Waals surface area contributed by atoms with Gasteiger partial charge in [0.05, 0.1) is 0 Å². The van der Waals surface area contributed by atoms with Gasteiger partial charge in [-0.2, -0.15) is 0 Å². The van der Waals surface area contributed by atoms with Crippen LogP contribution in [-0.4, -0.2) is 6.61 Å². The van der Waals surface area contributed by atoms with Crippen LogP contribution in [0.25, 0.3) is 0 Å². The van der Waals surface area contributed by atoms with Crippen LogP contribution in [0.5, 0.6) is 5.75 Å². The van der Waals surface area contributed by atoms with Gasteiger partial charge in [0.2, 0.25) is 0 Å². The first-order valence-electron chi connectivity index (χ1n) is 3.30. The molecule has 1 heterocycles. The normalized spacial score (nSPS) is 19.1. The number of para-hydroxylation sites is 1. The van der Waals surface area contributed by atoms with Crippen LogP contribution in [0.15, 0.2) is 24.3 Å². The number of benzene rings is 1. The molecule has 0 radical (unpaired) electrons. The first-order chi connectivity index (χ1) is 5.20. The highest BCUT2D eigenvalue weighted by molar-refractivity contribution is 9.24. The Morgan fingerprint density at radius 1 is 1.27 bits per heavy atom. The van der Waals surface area contributed by atoms with E-state index >= 15 is 0 Å². The summed E-state index contributed by atoms with van der Waals surface area (Å²) in [5, 5.41) is 0. The number of alkyl halides is 2. The Balaban J connectivity index is 2.56. The van der Waals surface area contributed by atoms with Crippen molar-refractivity contribution in [1.29, 1.82) is 0 Å². The lowest BCUT2D eigenvalue weighted by Crippen LogP contribution is -2.09. The molecule has 0 saturated carbocycles. The summed E-state index contributed by atoms with van der Waals surface area (Å²) in [5.41, 5.74) is 1.17. The fourth-order valence-corrected chi connectivity index (χ4v) is 2.02. The Labute approximate surface area is 82.0 Å². The van der Waals surface area contributed by atoms with E-state index in [1.165, 1.54) is 5.56 Å². The van der Waals surface area contributed by atoms with Gasteiger partial charge in [-0.05, 0) is 6.07 Å². The summed E-state index contributed by atoms with van der Waals surface area (Å²) in [6.45, 7) is 0.645. The third-order valence-electron chi connectivity index (χ3n) is 1.69. The molecule has 0 amide bonds. The predicted octanol–water partition coefficient (Wildman–Crippen LogP) is 3.02. The molecule has 1 aliphatic rings. The Kier molecular flexibility index (Phi) is 1.72. The first-order valence-corrected chi connectivity index (χ1v) is 4.89. The third-order valence-corrected chi connectivity index (χ3v) is 3.00. The molecule has 1 aromatic rings. The molecule has 3 heteroatoms. The predicted molar refractivity (Wildman–Crippen MR) is 51.5 cm³/mol. The zero-order valence-electron chi connectivity index (χ0n) is 5.68. The van der Waals surface area contributed by atoms with Gasteiger partial charge in [-0.25, -0.2) is 0 Å². The summed E-state index contributed by atoms with van der Waals surface area (Å²) < 4.78 is 5.25. The largest absolute Gasteiger partial charge is 0.490 e. The summed E-state index contributed by atoms with van der Waals surface area (Å²) in [4.78, 5) is 0. The molecule has 0 unspecified atom stereocenters. The van der Waals surface area contributed by atoms with Crippen molar-refractivity contribution >= 4 is 31.9 Å². The van der Waals surface area contributed by atoms with Crippen LogP contribution < -0.4 is 4.74 Å². The second-order valence-corrected chi connectivity index (χ2v) is 6.26. The van der Waals surface area contributed by atoms with Crippen molar-refractivity contribution in [2.24, 2.45) is 0 Å². The van der Waals surface area contributed by atoms with Gasteiger partial charge in [-0.15, -0.1) is 0 Å². The minimum Gasteiger partial charge on any atom is -0.490 e. The van der Waals surface area contributed by atoms with Crippen molar-refractivity contribution in [2.75, 3.05) is 6.61 Å². The van der Waals surface area contributed by atoms with E-state index in [0.717, 1.165) is 5.75 Å². The molecule has 0 spiro atoms. The number of halogens is 2. The topological polar surface area (TPSA) is 9.23 Å². The summed E-state index contributed by atoms with van der Waals surface area (Å²) in [6, 6.07) is 8.00. The van der Waals surface area contributed by atoms with Gasteiger partial charge in [-0.1, -0.05) is 50.1 Å². The molecule has 11 heavy (non-hydrogen) atoms. The maximum Gasteiger partial charge on any atom is 0.143 e. The van der Waals surface area contributed by atoms with Gasteiger partial charge in [0.15, 0.2) is 0 Å². The lowest BCUT2D eigenvalue weighted by Gasteiger charge is -2.09. The van der Waals surface area contributed by atoms with E-state index in [1.54, 1.807) is 0 Å². The monoisotopic (exact) mass is 276 g/mol. The number of hydrogen-bond acceptors (Lipinski definition) is 1. The molecule has 58 valence electrons. The van der Waals surface area contributed by atoms with Crippen molar-refractivity contribution in [3.05, 3.63) is 29.8 Å². The van der Waals surface area contributed by atoms with Crippen molar-refractivity contribution < 1.29 is 4.74 Å². The molecule has 0 fully saturated rings. The minimum absolute atomic E-state index is 0.170. The Hall–Kier alpha value is -0.0200. The molecular formula is C8H6Br2O. The summed E-state index contributed by atoms with van der Waals surface area (Å²) >= 11 is 7.07. The maximum absolute atomic E-state index is 5.42. The van der Waals surface area contributed by atoms with Gasteiger partial charge >= 0.3 is 0 Å². The smallest absolute Gasteiger partial charge is 0.143 e. The molecule has 1 aromatic carbocycles. The standard InChI is InChI=1S/C8H6Br2O/c9-8(10)5-11-7-4-2-1-3-6(7)8/h1-4H,5H2. The fourth-order valence-electron chi connectivity index (χ4n) is 1.14. The number of fused-ring (bicyclic) bond motifs is 1. The van der Waals surface area contributed by atoms with E-state index in [9.17, 15) is 0 Å². The average molecular weight is 278 g/mol.